The molecule has 240 valence electrons. The summed E-state index contributed by atoms with van der Waals surface area (Å²) < 4.78 is 34.6. The van der Waals surface area contributed by atoms with Crippen LogP contribution in [0.15, 0.2) is 51.4 Å². The molecule has 0 spiro atoms. The Morgan fingerprint density at radius 2 is 1.82 bits per heavy atom. The van der Waals surface area contributed by atoms with Gasteiger partial charge in [0.15, 0.2) is 34.4 Å². The van der Waals surface area contributed by atoms with Gasteiger partial charge in [-0.2, -0.15) is 0 Å². The first-order chi connectivity index (χ1) is 21.5. The van der Waals surface area contributed by atoms with Crippen molar-refractivity contribution in [2.45, 2.75) is 46.8 Å². The zero-order valence-corrected chi connectivity index (χ0v) is 27.7. The Morgan fingerprint density at radius 1 is 1.07 bits per heavy atom. The van der Waals surface area contributed by atoms with Gasteiger partial charge in [-0.05, 0) is 76.1 Å². The van der Waals surface area contributed by atoms with Gasteiger partial charge in [0.2, 0.25) is 0 Å². The van der Waals surface area contributed by atoms with Crippen LogP contribution in [-0.2, 0) is 19.1 Å². The largest absolute Gasteiger partial charge is 0.493 e. The number of hydrogen-bond donors (Lipinski definition) is 0. The number of ether oxygens (including phenoxy) is 6. The van der Waals surface area contributed by atoms with Crippen molar-refractivity contribution in [2.24, 2.45) is 4.99 Å². The second-order valence-corrected chi connectivity index (χ2v) is 11.4. The number of carbonyl (C=O) groups excluding carboxylic acids is 2. The van der Waals surface area contributed by atoms with Crippen LogP contribution in [0, 0.1) is 0 Å². The first-order valence-electron chi connectivity index (χ1n) is 14.2. The number of thiazole rings is 1. The number of fused-ring (bicyclic) bond motifs is 1. The zero-order valence-electron chi connectivity index (χ0n) is 26.1. The van der Waals surface area contributed by atoms with Gasteiger partial charge in [0.25, 0.3) is 5.56 Å². The van der Waals surface area contributed by atoms with E-state index in [9.17, 15) is 14.4 Å². The van der Waals surface area contributed by atoms with E-state index in [1.54, 1.807) is 57.2 Å². The first-order valence-corrected chi connectivity index (χ1v) is 15.4. The summed E-state index contributed by atoms with van der Waals surface area (Å²) in [5, 5.41) is 0.179. The number of nitrogens with zero attached hydrogens (tertiary/aromatic N) is 2. The minimum absolute atomic E-state index is 0.0927. The van der Waals surface area contributed by atoms with E-state index in [0.29, 0.717) is 50.0 Å². The minimum atomic E-state index is -0.846. The van der Waals surface area contributed by atoms with E-state index in [1.807, 2.05) is 13.8 Å². The number of esters is 2. The Labute approximate surface area is 269 Å². The van der Waals surface area contributed by atoms with Crippen LogP contribution in [0.5, 0.6) is 23.0 Å². The SMILES string of the molecule is CCOC(=O)C1=C(C)N=c2s/c(=C\c3cc(Cl)c(OCC(=O)OC)c(OCC)c3)c(=O)n2[C@H]1c1ccc(OC(C)C)c(OC)c1. The lowest BCUT2D eigenvalue weighted by molar-refractivity contribution is -0.143. The molecule has 2 aromatic carbocycles. The van der Waals surface area contributed by atoms with Gasteiger partial charge in [0.1, 0.15) is 0 Å². The predicted molar refractivity (Wildman–Crippen MR) is 169 cm³/mol. The molecule has 0 saturated carbocycles. The highest BCUT2D eigenvalue weighted by molar-refractivity contribution is 7.07. The molecule has 0 bridgehead atoms. The quantitative estimate of drug-likeness (QED) is 0.264. The zero-order chi connectivity index (χ0) is 32.8. The Bertz CT molecular complexity index is 1810. The summed E-state index contributed by atoms with van der Waals surface area (Å²) in [4.78, 5) is 44.0. The van der Waals surface area contributed by atoms with Gasteiger partial charge in [-0.3, -0.25) is 9.36 Å². The molecule has 3 aromatic rings. The van der Waals surface area contributed by atoms with Crippen molar-refractivity contribution >= 4 is 41.0 Å². The number of hydrogen-bond acceptors (Lipinski definition) is 11. The van der Waals surface area contributed by atoms with E-state index in [1.165, 1.54) is 18.8 Å². The molecule has 0 N–H and O–H groups in total. The van der Waals surface area contributed by atoms with Gasteiger partial charge >= 0.3 is 11.9 Å². The molecule has 0 amide bonds. The van der Waals surface area contributed by atoms with Crippen molar-refractivity contribution in [3.05, 3.63) is 77.4 Å². The van der Waals surface area contributed by atoms with Crippen LogP contribution in [0.4, 0.5) is 0 Å². The maximum absolute atomic E-state index is 14.1. The molecular weight excluding hydrogens is 624 g/mol. The average molecular weight is 659 g/mol. The molecule has 0 aliphatic carbocycles. The molecule has 1 atom stereocenters. The summed E-state index contributed by atoms with van der Waals surface area (Å²) in [5.74, 6) is 0.301. The van der Waals surface area contributed by atoms with Crippen molar-refractivity contribution < 1.29 is 38.0 Å². The van der Waals surface area contributed by atoms with Crippen LogP contribution in [-0.4, -0.2) is 56.6 Å². The van der Waals surface area contributed by atoms with Crippen LogP contribution in [0.1, 0.15) is 51.8 Å². The Balaban J connectivity index is 1.89. The van der Waals surface area contributed by atoms with Crippen molar-refractivity contribution in [1.82, 2.24) is 4.57 Å². The first kappa shape index (κ1) is 33.6. The summed E-state index contributed by atoms with van der Waals surface area (Å²) >= 11 is 7.69. The fraction of sp³-hybridized carbons (Fsp3) is 0.375. The van der Waals surface area contributed by atoms with E-state index >= 15 is 0 Å². The molecular formula is C32H35ClN2O9S. The number of allylic oxidation sites excluding steroid dienone is 1. The number of aromatic nitrogens is 1. The fourth-order valence-electron chi connectivity index (χ4n) is 4.73. The third-order valence-electron chi connectivity index (χ3n) is 6.57. The molecule has 2 heterocycles. The summed E-state index contributed by atoms with van der Waals surface area (Å²) in [6.07, 6.45) is 1.56. The lowest BCUT2D eigenvalue weighted by atomic mass is 9.95. The molecule has 1 aliphatic rings. The number of carbonyl (C=O) groups is 2. The van der Waals surface area contributed by atoms with E-state index in [2.05, 4.69) is 9.73 Å². The highest BCUT2D eigenvalue weighted by Gasteiger charge is 2.34. The summed E-state index contributed by atoms with van der Waals surface area (Å²) in [6.45, 7) is 9.13. The second kappa shape index (κ2) is 14.7. The minimum Gasteiger partial charge on any atom is -0.493 e. The number of rotatable bonds is 12. The molecule has 0 unspecified atom stereocenters. The average Bonchev–Trinajstić information content (AvgIpc) is 3.29. The summed E-state index contributed by atoms with van der Waals surface area (Å²) in [6, 6.07) is 7.70. The molecule has 13 heteroatoms. The number of methoxy groups -OCH3 is 2. The number of halogens is 1. The summed E-state index contributed by atoms with van der Waals surface area (Å²) in [5.41, 5.74) is 1.46. The Hall–Kier alpha value is -4.29. The highest BCUT2D eigenvalue weighted by Crippen LogP contribution is 2.38. The van der Waals surface area contributed by atoms with E-state index < -0.39 is 18.0 Å². The topological polar surface area (TPSA) is 124 Å². The lowest BCUT2D eigenvalue weighted by Gasteiger charge is -2.25. The molecule has 1 aliphatic heterocycles. The van der Waals surface area contributed by atoms with Crippen molar-refractivity contribution in [3.8, 4) is 23.0 Å². The molecule has 0 saturated heterocycles. The maximum Gasteiger partial charge on any atom is 0.343 e. The van der Waals surface area contributed by atoms with Crippen LogP contribution in [0.3, 0.4) is 0 Å². The van der Waals surface area contributed by atoms with Crippen LogP contribution in [0.2, 0.25) is 5.02 Å². The van der Waals surface area contributed by atoms with E-state index in [4.69, 9.17) is 35.3 Å². The molecule has 0 fully saturated rings. The standard InChI is InChI=1S/C32H35ClN2O9S/c1-8-41-24-13-19(12-21(33)29(24)43-16-26(36)40-7)14-25-30(37)35-28(20-10-11-22(44-17(3)4)23(15-20)39-6)27(31(38)42-9-2)18(5)34-32(35)45-25/h10-15,17,28H,8-9,16H2,1-7H3/b25-14-/t28-/m0/s1. The van der Waals surface area contributed by atoms with Gasteiger partial charge < -0.3 is 28.4 Å². The van der Waals surface area contributed by atoms with Crippen molar-refractivity contribution in [2.75, 3.05) is 34.0 Å². The van der Waals surface area contributed by atoms with Gasteiger partial charge in [0.05, 0.1) is 60.4 Å². The second-order valence-electron chi connectivity index (χ2n) is 10.0. The third-order valence-corrected chi connectivity index (χ3v) is 7.84. The predicted octanol–water partition coefficient (Wildman–Crippen LogP) is 4.20. The Kier molecular flexibility index (Phi) is 10.9. The molecule has 45 heavy (non-hydrogen) atoms. The molecule has 1 aromatic heterocycles. The lowest BCUT2D eigenvalue weighted by Crippen LogP contribution is -2.40. The van der Waals surface area contributed by atoms with Gasteiger partial charge in [0, 0.05) is 0 Å². The highest BCUT2D eigenvalue weighted by atomic mass is 35.5. The van der Waals surface area contributed by atoms with E-state index in [0.717, 1.165) is 11.3 Å². The van der Waals surface area contributed by atoms with Crippen LogP contribution >= 0.6 is 22.9 Å². The third kappa shape index (κ3) is 7.34. The van der Waals surface area contributed by atoms with E-state index in [-0.39, 0.29) is 41.2 Å². The normalized spacial score (nSPS) is 14.5. The van der Waals surface area contributed by atoms with Crippen molar-refractivity contribution in [1.29, 1.82) is 0 Å². The smallest absolute Gasteiger partial charge is 0.343 e. The maximum atomic E-state index is 14.1. The van der Waals surface area contributed by atoms with Crippen molar-refractivity contribution in [3.63, 3.8) is 0 Å². The Morgan fingerprint density at radius 3 is 2.47 bits per heavy atom. The molecule has 4 rings (SSSR count). The van der Waals surface area contributed by atoms with Crippen LogP contribution in [0.25, 0.3) is 6.08 Å². The monoisotopic (exact) mass is 658 g/mol. The van der Waals surface area contributed by atoms with Gasteiger partial charge in [-0.1, -0.05) is 29.0 Å². The summed E-state index contributed by atoms with van der Waals surface area (Å²) in [7, 11) is 2.78. The fourth-order valence-corrected chi connectivity index (χ4v) is 6.05. The number of benzene rings is 2. The molecule has 11 nitrogen and oxygen atoms in total. The molecule has 0 radical (unpaired) electrons. The van der Waals surface area contributed by atoms with Gasteiger partial charge in [-0.25, -0.2) is 14.6 Å². The van der Waals surface area contributed by atoms with Gasteiger partial charge in [-0.15, -0.1) is 0 Å². The van der Waals surface area contributed by atoms with Crippen LogP contribution < -0.4 is 33.8 Å².